The zero-order chi connectivity index (χ0) is 15.4. The zero-order valence-corrected chi connectivity index (χ0v) is 13.2. The molecule has 1 atom stereocenters. The lowest BCUT2D eigenvalue weighted by molar-refractivity contribution is 0.0779. The number of nitrogens with zero attached hydrogens (tertiary/aromatic N) is 3. The number of carbonyl (C=O) groups is 1. The van der Waals surface area contributed by atoms with E-state index < -0.39 is 0 Å². The second-order valence-electron chi connectivity index (χ2n) is 5.25. The first-order valence-electron chi connectivity index (χ1n) is 7.23. The summed E-state index contributed by atoms with van der Waals surface area (Å²) in [5, 5.41) is 0.791. The largest absolute Gasteiger partial charge is 0.382 e. The molecule has 1 aromatic heterocycles. The van der Waals surface area contributed by atoms with Crippen LogP contribution < -0.4 is 16.4 Å². The van der Waals surface area contributed by atoms with Crippen LogP contribution in [0.25, 0.3) is 0 Å². The first kappa shape index (κ1) is 15.8. The maximum Gasteiger partial charge on any atom is 0.268 e. The van der Waals surface area contributed by atoms with Crippen LogP contribution in [0.1, 0.15) is 29.4 Å². The Kier molecular flexibility index (Phi) is 5.19. The summed E-state index contributed by atoms with van der Waals surface area (Å²) in [6.45, 7) is 8.58. The minimum atomic E-state index is -0.0681. The van der Waals surface area contributed by atoms with Gasteiger partial charge in [-0.25, -0.2) is 4.98 Å². The van der Waals surface area contributed by atoms with Gasteiger partial charge in [-0.1, -0.05) is 24.3 Å². The standard InChI is InChI=1S/C14H23N5OS/c1-3-6-18(7-4-2)13(20)11-12(16)17-14(21-11)19-8-5-10(15)9-19/h3,10H,1,4-9,15-16H2,2H3. The minimum Gasteiger partial charge on any atom is -0.382 e. The van der Waals surface area contributed by atoms with E-state index in [9.17, 15) is 4.79 Å². The molecule has 7 heteroatoms. The molecule has 0 bridgehead atoms. The third-order valence-electron chi connectivity index (χ3n) is 3.46. The number of rotatable bonds is 6. The van der Waals surface area contributed by atoms with Crippen LogP contribution >= 0.6 is 11.3 Å². The van der Waals surface area contributed by atoms with Crippen LogP contribution in [-0.2, 0) is 0 Å². The Morgan fingerprint density at radius 3 is 3.00 bits per heavy atom. The fourth-order valence-electron chi connectivity index (χ4n) is 2.41. The molecule has 2 rings (SSSR count). The molecule has 1 fully saturated rings. The van der Waals surface area contributed by atoms with Crippen molar-refractivity contribution < 1.29 is 4.79 Å². The predicted molar refractivity (Wildman–Crippen MR) is 87.7 cm³/mol. The molecule has 21 heavy (non-hydrogen) atoms. The van der Waals surface area contributed by atoms with Crippen molar-refractivity contribution in [2.45, 2.75) is 25.8 Å². The number of anilines is 2. The molecule has 0 aliphatic carbocycles. The Hall–Kier alpha value is -1.60. The smallest absolute Gasteiger partial charge is 0.268 e. The average Bonchev–Trinajstić information content (AvgIpc) is 3.04. The summed E-state index contributed by atoms with van der Waals surface area (Å²) >= 11 is 1.36. The Balaban J connectivity index is 2.17. The second-order valence-corrected chi connectivity index (χ2v) is 6.22. The summed E-state index contributed by atoms with van der Waals surface area (Å²) < 4.78 is 0. The van der Waals surface area contributed by atoms with Crippen molar-refractivity contribution >= 4 is 28.2 Å². The fraction of sp³-hybridized carbons (Fsp3) is 0.571. The number of hydrogen-bond acceptors (Lipinski definition) is 6. The number of hydrogen-bond donors (Lipinski definition) is 2. The van der Waals surface area contributed by atoms with Crippen molar-refractivity contribution in [1.82, 2.24) is 9.88 Å². The Morgan fingerprint density at radius 2 is 2.43 bits per heavy atom. The molecule has 1 aliphatic rings. The molecule has 0 aromatic carbocycles. The van der Waals surface area contributed by atoms with Crippen LogP contribution in [0, 0.1) is 0 Å². The van der Waals surface area contributed by atoms with Gasteiger partial charge in [0.2, 0.25) is 0 Å². The third kappa shape index (κ3) is 3.54. The molecule has 2 heterocycles. The molecule has 6 nitrogen and oxygen atoms in total. The molecular formula is C14H23N5OS. The lowest BCUT2D eigenvalue weighted by Gasteiger charge is -2.19. The van der Waals surface area contributed by atoms with E-state index in [1.807, 2.05) is 6.92 Å². The highest BCUT2D eigenvalue weighted by Crippen LogP contribution is 2.31. The van der Waals surface area contributed by atoms with E-state index in [1.165, 1.54) is 11.3 Å². The van der Waals surface area contributed by atoms with Gasteiger partial charge in [0.25, 0.3) is 5.91 Å². The van der Waals surface area contributed by atoms with Gasteiger partial charge in [0.1, 0.15) is 10.7 Å². The van der Waals surface area contributed by atoms with E-state index in [-0.39, 0.29) is 11.9 Å². The molecular weight excluding hydrogens is 286 g/mol. The highest BCUT2D eigenvalue weighted by atomic mass is 32.1. The summed E-state index contributed by atoms with van der Waals surface area (Å²) in [6.07, 6.45) is 3.57. The molecule has 1 amide bonds. The number of amides is 1. The van der Waals surface area contributed by atoms with Crippen LogP contribution in [0.3, 0.4) is 0 Å². The average molecular weight is 309 g/mol. The summed E-state index contributed by atoms with van der Waals surface area (Å²) in [5.41, 5.74) is 11.9. The van der Waals surface area contributed by atoms with Gasteiger partial charge in [-0.15, -0.1) is 6.58 Å². The van der Waals surface area contributed by atoms with Crippen molar-refractivity contribution in [1.29, 1.82) is 0 Å². The topological polar surface area (TPSA) is 88.5 Å². The van der Waals surface area contributed by atoms with Gasteiger partial charge in [-0.05, 0) is 12.8 Å². The van der Waals surface area contributed by atoms with Crippen molar-refractivity contribution in [3.05, 3.63) is 17.5 Å². The van der Waals surface area contributed by atoms with Crippen molar-refractivity contribution in [2.24, 2.45) is 5.73 Å². The van der Waals surface area contributed by atoms with E-state index in [1.54, 1.807) is 11.0 Å². The van der Waals surface area contributed by atoms with Crippen LogP contribution in [0.2, 0.25) is 0 Å². The van der Waals surface area contributed by atoms with Crippen LogP contribution in [0.5, 0.6) is 0 Å². The second kappa shape index (κ2) is 6.91. The van der Waals surface area contributed by atoms with E-state index in [0.717, 1.165) is 31.1 Å². The van der Waals surface area contributed by atoms with Crippen molar-refractivity contribution in [2.75, 3.05) is 36.8 Å². The van der Waals surface area contributed by atoms with Gasteiger partial charge in [0.15, 0.2) is 5.13 Å². The van der Waals surface area contributed by atoms with Crippen LogP contribution in [-0.4, -0.2) is 48.0 Å². The summed E-state index contributed by atoms with van der Waals surface area (Å²) in [7, 11) is 0. The van der Waals surface area contributed by atoms with Gasteiger partial charge in [0, 0.05) is 32.2 Å². The number of thiazole rings is 1. The monoisotopic (exact) mass is 309 g/mol. The maximum atomic E-state index is 12.6. The molecule has 1 saturated heterocycles. The molecule has 1 aromatic rings. The molecule has 116 valence electrons. The Morgan fingerprint density at radius 1 is 1.67 bits per heavy atom. The highest BCUT2D eigenvalue weighted by molar-refractivity contribution is 7.18. The minimum absolute atomic E-state index is 0.0681. The number of nitrogens with two attached hydrogens (primary N) is 2. The van der Waals surface area contributed by atoms with Crippen LogP contribution in [0.4, 0.5) is 10.9 Å². The Bertz CT molecular complexity index is 515. The molecule has 0 radical (unpaired) electrons. The number of carbonyl (C=O) groups excluding carboxylic acids is 1. The van der Waals surface area contributed by atoms with E-state index in [4.69, 9.17) is 11.5 Å². The predicted octanol–water partition coefficient (Wildman–Crippen LogP) is 1.30. The van der Waals surface area contributed by atoms with Gasteiger partial charge in [-0.3, -0.25) is 4.79 Å². The quantitative estimate of drug-likeness (QED) is 0.773. The summed E-state index contributed by atoms with van der Waals surface area (Å²) in [4.78, 5) is 21.3. The molecule has 0 spiro atoms. The lowest BCUT2D eigenvalue weighted by atomic mass is 10.3. The summed E-state index contributed by atoms with van der Waals surface area (Å²) in [5.74, 6) is 0.243. The third-order valence-corrected chi connectivity index (χ3v) is 4.58. The zero-order valence-electron chi connectivity index (χ0n) is 12.4. The first-order valence-corrected chi connectivity index (χ1v) is 8.05. The van der Waals surface area contributed by atoms with Gasteiger partial charge in [-0.2, -0.15) is 0 Å². The first-order chi connectivity index (χ1) is 10.1. The molecule has 1 aliphatic heterocycles. The van der Waals surface area contributed by atoms with E-state index in [2.05, 4.69) is 16.5 Å². The van der Waals surface area contributed by atoms with Gasteiger partial charge < -0.3 is 21.3 Å². The van der Waals surface area contributed by atoms with Crippen molar-refractivity contribution in [3.63, 3.8) is 0 Å². The molecule has 1 unspecified atom stereocenters. The Labute approximate surface area is 129 Å². The van der Waals surface area contributed by atoms with Crippen LogP contribution in [0.15, 0.2) is 12.7 Å². The normalized spacial score (nSPS) is 18.0. The molecule has 4 N–H and O–H groups in total. The fourth-order valence-corrected chi connectivity index (χ4v) is 3.40. The number of aromatic nitrogens is 1. The SMILES string of the molecule is C=CCN(CCC)C(=O)c1sc(N2CCC(N)C2)nc1N. The van der Waals surface area contributed by atoms with Crippen molar-refractivity contribution in [3.8, 4) is 0 Å². The number of nitrogen functional groups attached to an aromatic ring is 1. The maximum absolute atomic E-state index is 12.6. The molecule has 0 saturated carbocycles. The van der Waals surface area contributed by atoms with E-state index >= 15 is 0 Å². The van der Waals surface area contributed by atoms with Gasteiger partial charge in [0.05, 0.1) is 0 Å². The van der Waals surface area contributed by atoms with E-state index in [0.29, 0.717) is 23.8 Å². The summed E-state index contributed by atoms with van der Waals surface area (Å²) in [6, 6.07) is 0.173. The highest BCUT2D eigenvalue weighted by Gasteiger charge is 2.26. The lowest BCUT2D eigenvalue weighted by Crippen LogP contribution is -2.31. The van der Waals surface area contributed by atoms with Gasteiger partial charge >= 0.3 is 0 Å².